The number of carbonyl (C=O) groups excluding carboxylic acids is 1. The fraction of sp³-hybridized carbons (Fsp3) is 0.529. The van der Waals surface area contributed by atoms with Crippen molar-refractivity contribution < 1.29 is 4.79 Å². The van der Waals surface area contributed by atoms with Crippen molar-refractivity contribution in [1.29, 1.82) is 0 Å². The Morgan fingerprint density at radius 1 is 1.43 bits per heavy atom. The zero-order valence-electron chi connectivity index (χ0n) is 14.2. The van der Waals surface area contributed by atoms with E-state index in [1.165, 1.54) is 21.0 Å². The molecule has 2 aromatic heterocycles. The number of carbonyl (C=O) groups is 1. The second-order valence-corrected chi connectivity index (χ2v) is 7.77. The summed E-state index contributed by atoms with van der Waals surface area (Å²) in [4.78, 5) is 17.1. The summed E-state index contributed by atoms with van der Waals surface area (Å²) < 4.78 is 1.93. The number of hydrogen-bond donors (Lipinski definition) is 1. The van der Waals surface area contributed by atoms with Crippen LogP contribution < -0.4 is 5.32 Å². The smallest absolute Gasteiger partial charge is 0.318 e. The normalized spacial score (nSPS) is 15.9. The second kappa shape index (κ2) is 6.35. The van der Waals surface area contributed by atoms with Crippen molar-refractivity contribution in [3.05, 3.63) is 38.8 Å². The van der Waals surface area contributed by atoms with E-state index in [9.17, 15) is 4.79 Å². The Balaban J connectivity index is 1.69. The summed E-state index contributed by atoms with van der Waals surface area (Å²) in [5.41, 5.74) is 3.63. The minimum atomic E-state index is 0.0115. The van der Waals surface area contributed by atoms with Crippen LogP contribution in [0.2, 0.25) is 0 Å². The molecule has 0 fully saturated rings. The van der Waals surface area contributed by atoms with Crippen molar-refractivity contribution in [2.24, 2.45) is 7.05 Å². The van der Waals surface area contributed by atoms with Crippen LogP contribution in [0.25, 0.3) is 0 Å². The summed E-state index contributed by atoms with van der Waals surface area (Å²) >= 11 is 1.78. The Hall–Kier alpha value is -1.82. The Bertz CT molecular complexity index is 718. The second-order valence-electron chi connectivity index (χ2n) is 6.30. The predicted octanol–water partition coefficient (Wildman–Crippen LogP) is 3.32. The van der Waals surface area contributed by atoms with Gasteiger partial charge in [0, 0.05) is 34.6 Å². The van der Waals surface area contributed by atoms with Crippen LogP contribution in [0.3, 0.4) is 0 Å². The molecule has 0 radical (unpaired) electrons. The number of amides is 2. The predicted molar refractivity (Wildman–Crippen MR) is 92.7 cm³/mol. The van der Waals surface area contributed by atoms with Gasteiger partial charge in [-0.25, -0.2) is 4.79 Å². The van der Waals surface area contributed by atoms with Crippen LogP contribution in [-0.4, -0.2) is 27.3 Å². The Morgan fingerprint density at radius 3 is 2.91 bits per heavy atom. The van der Waals surface area contributed by atoms with Crippen molar-refractivity contribution in [3.8, 4) is 0 Å². The summed E-state index contributed by atoms with van der Waals surface area (Å²) in [7, 11) is 1.97. The summed E-state index contributed by atoms with van der Waals surface area (Å²) in [6.45, 7) is 7.70. The van der Waals surface area contributed by atoms with Gasteiger partial charge in [0.2, 0.25) is 0 Å². The molecule has 23 heavy (non-hydrogen) atoms. The first kappa shape index (κ1) is 16.1. The zero-order valence-corrected chi connectivity index (χ0v) is 15.0. The lowest BCUT2D eigenvalue weighted by Gasteiger charge is -2.23. The van der Waals surface area contributed by atoms with E-state index in [2.05, 4.69) is 37.3 Å². The molecule has 124 valence electrons. The topological polar surface area (TPSA) is 50.2 Å². The standard InChI is InChI=1S/C17H24N4OS/c1-11-8-15(13(3)23-11)12(2)19-17(22)21-7-5-6-16-14(10-21)9-18-20(16)4/h8-9,12H,5-7,10H2,1-4H3,(H,19,22)/t12-/m0/s1. The summed E-state index contributed by atoms with van der Waals surface area (Å²) in [6, 6.07) is 2.22. The van der Waals surface area contributed by atoms with Gasteiger partial charge in [-0.3, -0.25) is 4.68 Å². The molecular formula is C17H24N4OS. The molecule has 0 spiro atoms. The number of nitrogens with zero attached hydrogens (tertiary/aromatic N) is 3. The number of urea groups is 1. The van der Waals surface area contributed by atoms with Crippen molar-refractivity contribution in [3.63, 3.8) is 0 Å². The van der Waals surface area contributed by atoms with Gasteiger partial charge in [0.15, 0.2) is 0 Å². The van der Waals surface area contributed by atoms with Crippen molar-refractivity contribution in [2.45, 2.75) is 46.2 Å². The van der Waals surface area contributed by atoms with Gasteiger partial charge in [-0.15, -0.1) is 11.3 Å². The zero-order chi connectivity index (χ0) is 16.6. The van der Waals surface area contributed by atoms with Crippen LogP contribution in [-0.2, 0) is 20.0 Å². The number of fused-ring (bicyclic) bond motifs is 1. The maximum absolute atomic E-state index is 12.7. The first-order valence-electron chi connectivity index (χ1n) is 8.08. The van der Waals surface area contributed by atoms with Gasteiger partial charge >= 0.3 is 6.03 Å². The number of nitrogens with one attached hydrogen (secondary N) is 1. The largest absolute Gasteiger partial charge is 0.331 e. The van der Waals surface area contributed by atoms with E-state index < -0.39 is 0 Å². The molecule has 1 N–H and O–H groups in total. The third-order valence-corrected chi connectivity index (χ3v) is 5.51. The third kappa shape index (κ3) is 3.27. The molecule has 0 aromatic carbocycles. The highest BCUT2D eigenvalue weighted by molar-refractivity contribution is 7.12. The van der Waals surface area contributed by atoms with Crippen LogP contribution >= 0.6 is 11.3 Å². The van der Waals surface area contributed by atoms with Gasteiger partial charge < -0.3 is 10.2 Å². The van der Waals surface area contributed by atoms with Crippen molar-refractivity contribution in [1.82, 2.24) is 20.0 Å². The molecule has 2 amide bonds. The van der Waals surface area contributed by atoms with Gasteiger partial charge in [0.25, 0.3) is 0 Å². The molecule has 0 bridgehead atoms. The van der Waals surface area contributed by atoms with Crippen LogP contribution in [0, 0.1) is 13.8 Å². The van der Waals surface area contributed by atoms with Gasteiger partial charge in [-0.05, 0) is 45.2 Å². The van der Waals surface area contributed by atoms with Gasteiger partial charge in [0.05, 0.1) is 18.8 Å². The summed E-state index contributed by atoms with van der Waals surface area (Å²) in [6.07, 6.45) is 3.84. The molecule has 0 saturated carbocycles. The molecule has 3 rings (SSSR count). The molecule has 1 aliphatic heterocycles. The molecule has 0 unspecified atom stereocenters. The molecule has 6 heteroatoms. The Labute approximate surface area is 141 Å². The van der Waals surface area contributed by atoms with E-state index >= 15 is 0 Å². The number of rotatable bonds is 2. The highest BCUT2D eigenvalue weighted by Gasteiger charge is 2.23. The third-order valence-electron chi connectivity index (χ3n) is 4.52. The highest BCUT2D eigenvalue weighted by Crippen LogP contribution is 2.26. The number of hydrogen-bond acceptors (Lipinski definition) is 3. The minimum Gasteiger partial charge on any atom is -0.331 e. The lowest BCUT2D eigenvalue weighted by atomic mass is 10.1. The molecule has 2 aromatic rings. The summed E-state index contributed by atoms with van der Waals surface area (Å²) in [5, 5.41) is 7.47. The van der Waals surface area contributed by atoms with Crippen LogP contribution in [0.1, 0.15) is 46.0 Å². The number of thiophene rings is 1. The maximum Gasteiger partial charge on any atom is 0.318 e. The Kier molecular flexibility index (Phi) is 4.43. The quantitative estimate of drug-likeness (QED) is 0.917. The van der Waals surface area contributed by atoms with Crippen LogP contribution in [0.5, 0.6) is 0 Å². The molecule has 5 nitrogen and oxygen atoms in total. The lowest BCUT2D eigenvalue weighted by Crippen LogP contribution is -2.40. The van der Waals surface area contributed by atoms with E-state index in [1.807, 2.05) is 22.8 Å². The average Bonchev–Trinajstić information content (AvgIpc) is 2.92. The Morgan fingerprint density at radius 2 is 2.22 bits per heavy atom. The highest BCUT2D eigenvalue weighted by atomic mass is 32.1. The fourth-order valence-corrected chi connectivity index (χ4v) is 4.32. The van der Waals surface area contributed by atoms with Crippen LogP contribution in [0.4, 0.5) is 4.79 Å². The first-order valence-corrected chi connectivity index (χ1v) is 8.89. The van der Waals surface area contributed by atoms with Gasteiger partial charge in [-0.1, -0.05) is 0 Å². The molecule has 3 heterocycles. The van der Waals surface area contributed by atoms with E-state index in [4.69, 9.17) is 0 Å². The van der Waals surface area contributed by atoms with E-state index in [0.29, 0.717) is 6.54 Å². The molecule has 1 aliphatic rings. The maximum atomic E-state index is 12.7. The van der Waals surface area contributed by atoms with Gasteiger partial charge in [0.1, 0.15) is 0 Å². The summed E-state index contributed by atoms with van der Waals surface area (Å²) in [5.74, 6) is 0. The fourth-order valence-electron chi connectivity index (χ4n) is 3.29. The SMILES string of the molecule is Cc1cc([C@H](C)NC(=O)N2CCCc3c(cnn3C)C2)c(C)s1. The average molecular weight is 332 g/mol. The minimum absolute atomic E-state index is 0.0115. The molecule has 1 atom stereocenters. The van der Waals surface area contributed by atoms with E-state index in [-0.39, 0.29) is 12.1 Å². The van der Waals surface area contributed by atoms with Crippen molar-refractivity contribution in [2.75, 3.05) is 6.54 Å². The van der Waals surface area contributed by atoms with Crippen LogP contribution in [0.15, 0.2) is 12.3 Å². The number of aryl methyl sites for hydroxylation is 3. The molecule has 0 saturated heterocycles. The van der Waals surface area contributed by atoms with Gasteiger partial charge in [-0.2, -0.15) is 5.10 Å². The number of aromatic nitrogens is 2. The van der Waals surface area contributed by atoms with E-state index in [1.54, 1.807) is 11.3 Å². The van der Waals surface area contributed by atoms with E-state index in [0.717, 1.165) is 24.9 Å². The lowest BCUT2D eigenvalue weighted by molar-refractivity contribution is 0.192. The monoisotopic (exact) mass is 332 g/mol. The van der Waals surface area contributed by atoms with Crippen molar-refractivity contribution >= 4 is 17.4 Å². The molecular weight excluding hydrogens is 308 g/mol. The first-order chi connectivity index (χ1) is 11.0. The molecule has 0 aliphatic carbocycles.